The summed E-state index contributed by atoms with van der Waals surface area (Å²) in [7, 11) is 0. The van der Waals surface area contributed by atoms with Crippen LogP contribution in [0, 0.1) is 18.8 Å². The lowest BCUT2D eigenvalue weighted by Crippen LogP contribution is -2.42. The Morgan fingerprint density at radius 3 is 2.52 bits per heavy atom. The van der Waals surface area contributed by atoms with Crippen molar-refractivity contribution in [2.24, 2.45) is 11.8 Å². The molecule has 1 saturated carbocycles. The summed E-state index contributed by atoms with van der Waals surface area (Å²) in [5, 5.41) is 15.3. The molecule has 1 aliphatic heterocycles. The maximum Gasteiger partial charge on any atom is 0.224 e. The molecule has 0 bridgehead atoms. The van der Waals surface area contributed by atoms with Gasteiger partial charge in [-0.2, -0.15) is 10.1 Å². The van der Waals surface area contributed by atoms with E-state index >= 15 is 0 Å². The summed E-state index contributed by atoms with van der Waals surface area (Å²) >= 11 is 0. The quantitative estimate of drug-likeness (QED) is 0.804. The number of ether oxygens (including phenoxy) is 2. The van der Waals surface area contributed by atoms with Gasteiger partial charge >= 0.3 is 0 Å². The predicted octanol–water partition coefficient (Wildman–Crippen LogP) is 3.05. The molecule has 1 aromatic heterocycles. The highest BCUT2D eigenvalue weighted by Crippen LogP contribution is 2.40. The van der Waals surface area contributed by atoms with Crippen molar-refractivity contribution in [3.05, 3.63) is 30.1 Å². The summed E-state index contributed by atoms with van der Waals surface area (Å²) in [6.07, 6.45) is 0.951. The first-order valence-electron chi connectivity index (χ1n) is 10.7. The van der Waals surface area contributed by atoms with Crippen molar-refractivity contribution in [3.63, 3.8) is 0 Å². The SMILES string of the molecule is CCn1nc(C)nc1N1C[C@H]2C[C@@H](Oc3ccccc3OC(C)C)[C@H](O)C[C@H]2C1. The molecule has 29 heavy (non-hydrogen) atoms. The van der Waals surface area contributed by atoms with Crippen molar-refractivity contribution in [2.45, 2.75) is 65.4 Å². The molecule has 0 spiro atoms. The van der Waals surface area contributed by atoms with Gasteiger partial charge in [-0.1, -0.05) is 12.1 Å². The van der Waals surface area contributed by atoms with Gasteiger partial charge in [0.05, 0.1) is 12.2 Å². The van der Waals surface area contributed by atoms with Gasteiger partial charge < -0.3 is 19.5 Å². The lowest BCUT2D eigenvalue weighted by molar-refractivity contribution is -0.0245. The number of hydrogen-bond acceptors (Lipinski definition) is 6. The molecule has 2 aromatic rings. The molecule has 2 heterocycles. The third-order valence-corrected chi connectivity index (χ3v) is 5.92. The summed E-state index contributed by atoms with van der Waals surface area (Å²) in [5.74, 6) is 4.12. The highest BCUT2D eigenvalue weighted by Gasteiger charge is 2.44. The van der Waals surface area contributed by atoms with Gasteiger partial charge in [0, 0.05) is 19.6 Å². The number of benzene rings is 1. The van der Waals surface area contributed by atoms with Crippen LogP contribution in [0.15, 0.2) is 24.3 Å². The zero-order chi connectivity index (χ0) is 20.5. The second-order valence-electron chi connectivity index (χ2n) is 8.51. The predicted molar refractivity (Wildman–Crippen MR) is 111 cm³/mol. The van der Waals surface area contributed by atoms with E-state index < -0.39 is 6.10 Å². The van der Waals surface area contributed by atoms with Crippen LogP contribution < -0.4 is 14.4 Å². The summed E-state index contributed by atoms with van der Waals surface area (Å²) in [5.41, 5.74) is 0. The van der Waals surface area contributed by atoms with Crippen LogP contribution in [0.1, 0.15) is 39.4 Å². The average molecular weight is 401 g/mol. The number of aliphatic hydroxyl groups is 1. The molecule has 2 aliphatic rings. The Labute approximate surface area is 172 Å². The first-order valence-corrected chi connectivity index (χ1v) is 10.7. The second kappa shape index (κ2) is 8.22. The van der Waals surface area contributed by atoms with Crippen molar-refractivity contribution in [1.82, 2.24) is 14.8 Å². The Morgan fingerprint density at radius 1 is 1.14 bits per heavy atom. The van der Waals surface area contributed by atoms with E-state index in [0.717, 1.165) is 50.0 Å². The average Bonchev–Trinajstić information content (AvgIpc) is 3.25. The van der Waals surface area contributed by atoms with Crippen LogP contribution in [0.2, 0.25) is 0 Å². The number of hydrogen-bond donors (Lipinski definition) is 1. The number of nitrogens with zero attached hydrogens (tertiary/aromatic N) is 4. The normalized spacial score (nSPS) is 26.6. The van der Waals surface area contributed by atoms with Crippen molar-refractivity contribution >= 4 is 5.95 Å². The molecule has 4 rings (SSSR count). The van der Waals surface area contributed by atoms with Crippen molar-refractivity contribution in [3.8, 4) is 11.5 Å². The second-order valence-corrected chi connectivity index (χ2v) is 8.51. The highest BCUT2D eigenvalue weighted by atomic mass is 16.5. The molecule has 7 heteroatoms. The van der Waals surface area contributed by atoms with Crippen LogP contribution in [0.5, 0.6) is 11.5 Å². The first-order chi connectivity index (χ1) is 13.9. The fraction of sp³-hybridized carbons (Fsp3) is 0.636. The largest absolute Gasteiger partial charge is 0.487 e. The van der Waals surface area contributed by atoms with Crippen molar-refractivity contribution in [2.75, 3.05) is 18.0 Å². The van der Waals surface area contributed by atoms with E-state index in [1.807, 2.05) is 49.7 Å². The minimum atomic E-state index is -0.478. The van der Waals surface area contributed by atoms with E-state index in [1.165, 1.54) is 0 Å². The Morgan fingerprint density at radius 2 is 1.83 bits per heavy atom. The van der Waals surface area contributed by atoms with Crippen LogP contribution in [0.3, 0.4) is 0 Å². The highest BCUT2D eigenvalue weighted by molar-refractivity contribution is 5.40. The lowest BCUT2D eigenvalue weighted by atomic mass is 9.78. The molecule has 0 radical (unpaired) electrons. The van der Waals surface area contributed by atoms with Gasteiger partial charge in [-0.25, -0.2) is 4.68 Å². The van der Waals surface area contributed by atoms with Crippen LogP contribution in [0.25, 0.3) is 0 Å². The fourth-order valence-corrected chi connectivity index (χ4v) is 4.63. The molecule has 158 valence electrons. The number of aliphatic hydroxyl groups excluding tert-OH is 1. The molecule has 1 aromatic carbocycles. The van der Waals surface area contributed by atoms with Gasteiger partial charge in [0.25, 0.3) is 0 Å². The zero-order valence-electron chi connectivity index (χ0n) is 17.8. The van der Waals surface area contributed by atoms with Crippen LogP contribution in [0.4, 0.5) is 5.95 Å². The van der Waals surface area contributed by atoms with Gasteiger partial charge in [-0.05, 0) is 64.5 Å². The first kappa shape index (κ1) is 20.0. The molecular formula is C22H32N4O3. The minimum Gasteiger partial charge on any atom is -0.487 e. The third-order valence-electron chi connectivity index (χ3n) is 5.92. The Hall–Kier alpha value is -2.28. The molecule has 1 aliphatic carbocycles. The van der Waals surface area contributed by atoms with E-state index in [1.54, 1.807) is 0 Å². The van der Waals surface area contributed by atoms with E-state index in [2.05, 4.69) is 21.9 Å². The van der Waals surface area contributed by atoms with Gasteiger partial charge in [-0.15, -0.1) is 0 Å². The number of anilines is 1. The summed E-state index contributed by atoms with van der Waals surface area (Å²) in [6, 6.07) is 7.73. The monoisotopic (exact) mass is 400 g/mol. The Kier molecular flexibility index (Phi) is 5.67. The van der Waals surface area contributed by atoms with Gasteiger partial charge in [-0.3, -0.25) is 0 Å². The number of para-hydroxylation sites is 2. The number of fused-ring (bicyclic) bond motifs is 1. The molecule has 7 nitrogen and oxygen atoms in total. The molecule has 0 unspecified atom stereocenters. The molecule has 2 fully saturated rings. The zero-order valence-corrected chi connectivity index (χ0v) is 17.8. The number of aryl methyl sites for hydroxylation is 2. The number of aromatic nitrogens is 3. The molecule has 0 amide bonds. The van der Waals surface area contributed by atoms with E-state index in [-0.39, 0.29) is 12.2 Å². The van der Waals surface area contributed by atoms with E-state index in [0.29, 0.717) is 17.6 Å². The summed E-state index contributed by atoms with van der Waals surface area (Å²) in [6.45, 7) is 10.7. The topological polar surface area (TPSA) is 72.6 Å². The standard InChI is InChI=1S/C22H32N4O3/c1-5-26-22(23-15(4)24-26)25-12-16-10-18(27)21(11-17(16)13-25)29-20-9-7-6-8-19(20)28-14(2)3/h6-9,14,16-18,21,27H,5,10-13H2,1-4H3/t16-,17+,18+,21+/m0/s1. The van der Waals surface area contributed by atoms with Crippen molar-refractivity contribution in [1.29, 1.82) is 0 Å². The van der Waals surface area contributed by atoms with Crippen LogP contribution >= 0.6 is 0 Å². The smallest absolute Gasteiger partial charge is 0.224 e. The lowest BCUT2D eigenvalue weighted by Gasteiger charge is -2.35. The molecule has 1 N–H and O–H groups in total. The van der Waals surface area contributed by atoms with E-state index in [9.17, 15) is 5.11 Å². The minimum absolute atomic E-state index is 0.0724. The summed E-state index contributed by atoms with van der Waals surface area (Å²) in [4.78, 5) is 6.96. The van der Waals surface area contributed by atoms with Crippen LogP contribution in [-0.4, -0.2) is 51.3 Å². The Bertz CT molecular complexity index is 837. The summed E-state index contributed by atoms with van der Waals surface area (Å²) < 4.78 is 14.1. The van der Waals surface area contributed by atoms with Crippen LogP contribution in [-0.2, 0) is 6.54 Å². The van der Waals surface area contributed by atoms with E-state index in [4.69, 9.17) is 9.47 Å². The van der Waals surface area contributed by atoms with Gasteiger partial charge in [0.1, 0.15) is 11.9 Å². The maximum atomic E-state index is 10.8. The third kappa shape index (κ3) is 4.20. The van der Waals surface area contributed by atoms with Gasteiger partial charge in [0.15, 0.2) is 11.5 Å². The maximum absolute atomic E-state index is 10.8. The number of rotatable bonds is 6. The van der Waals surface area contributed by atoms with Gasteiger partial charge in [0.2, 0.25) is 5.95 Å². The Balaban J connectivity index is 1.46. The van der Waals surface area contributed by atoms with Crippen molar-refractivity contribution < 1.29 is 14.6 Å². The molecule has 1 saturated heterocycles. The molecular weight excluding hydrogens is 368 g/mol. The fourth-order valence-electron chi connectivity index (χ4n) is 4.63. The molecule has 4 atom stereocenters.